The molecule has 0 saturated carbocycles. The topological polar surface area (TPSA) is 65.9 Å². The number of carbonyl (C=O) groups is 1. The van der Waals surface area contributed by atoms with Crippen molar-refractivity contribution in [3.8, 4) is 0 Å². The maximum Gasteiger partial charge on any atom is 0.462 e. The summed E-state index contributed by atoms with van der Waals surface area (Å²) in [5, 5.41) is 10.7. The van der Waals surface area contributed by atoms with E-state index >= 15 is 0 Å². The summed E-state index contributed by atoms with van der Waals surface area (Å²) in [4.78, 5) is 20.1. The van der Waals surface area contributed by atoms with Gasteiger partial charge in [0.1, 0.15) is 0 Å². The molecule has 2 aromatic rings. The monoisotopic (exact) mass is 240 g/mol. The number of aliphatic carboxylic acids is 1. The maximum atomic E-state index is 11.6. The van der Waals surface area contributed by atoms with E-state index in [1.165, 1.54) is 4.57 Å². The van der Waals surface area contributed by atoms with E-state index in [-0.39, 0.29) is 0 Å². The standard InChI is InChI=1S/C13H9N3O2/c17-12(18)13(16-8-4-1-5-9-16)14-10-6-2-3-7-11(10)15-13/h1-9H/p+1. The largest absolute Gasteiger partial charge is 0.473 e. The van der Waals surface area contributed by atoms with Gasteiger partial charge in [-0.1, -0.05) is 18.2 Å². The highest BCUT2D eigenvalue weighted by molar-refractivity contribution is 5.74. The van der Waals surface area contributed by atoms with Gasteiger partial charge in [0.05, 0.1) is 10.7 Å². The Labute approximate surface area is 102 Å². The summed E-state index contributed by atoms with van der Waals surface area (Å²) in [7, 11) is 0. The quantitative estimate of drug-likeness (QED) is 0.727. The van der Waals surface area contributed by atoms with E-state index in [1.54, 1.807) is 36.7 Å². The minimum atomic E-state index is -1.62. The summed E-state index contributed by atoms with van der Waals surface area (Å²) in [6.07, 6.45) is 3.29. The second-order valence-electron chi connectivity index (χ2n) is 3.94. The lowest BCUT2D eigenvalue weighted by Gasteiger charge is -2.11. The number of carboxylic acid groups (broad SMARTS) is 1. The minimum absolute atomic E-state index is 0.594. The van der Waals surface area contributed by atoms with Gasteiger partial charge in [0.2, 0.25) is 0 Å². The molecule has 1 aromatic carbocycles. The smallest absolute Gasteiger partial charge is 0.462 e. The Morgan fingerprint density at radius 1 is 1.00 bits per heavy atom. The second kappa shape index (κ2) is 3.73. The van der Waals surface area contributed by atoms with Gasteiger partial charge < -0.3 is 5.11 Å². The number of carboxylic acids is 1. The molecule has 2 heterocycles. The molecule has 0 aliphatic carbocycles. The van der Waals surface area contributed by atoms with Crippen molar-refractivity contribution in [2.24, 2.45) is 9.98 Å². The Kier molecular flexibility index (Phi) is 2.19. The summed E-state index contributed by atoms with van der Waals surface area (Å²) in [6, 6.07) is 12.4. The highest BCUT2D eigenvalue weighted by Gasteiger charge is 2.50. The summed E-state index contributed by atoms with van der Waals surface area (Å²) >= 11 is 0. The lowest BCUT2D eigenvalue weighted by Crippen LogP contribution is -2.58. The molecule has 1 aliphatic rings. The molecular formula is C13H10N3O2+. The third kappa shape index (κ3) is 1.41. The molecule has 1 aromatic heterocycles. The molecular weight excluding hydrogens is 230 g/mol. The van der Waals surface area contributed by atoms with Crippen LogP contribution in [0, 0.1) is 0 Å². The first-order valence-electron chi connectivity index (χ1n) is 5.47. The van der Waals surface area contributed by atoms with Gasteiger partial charge in [-0.3, -0.25) is 0 Å². The van der Waals surface area contributed by atoms with Gasteiger partial charge in [-0.25, -0.2) is 4.79 Å². The molecule has 5 nitrogen and oxygen atoms in total. The first-order chi connectivity index (χ1) is 8.72. The Bertz CT molecular complexity index is 690. The van der Waals surface area contributed by atoms with Crippen molar-refractivity contribution in [1.29, 1.82) is 0 Å². The zero-order valence-corrected chi connectivity index (χ0v) is 9.39. The maximum absolute atomic E-state index is 11.6. The number of hydrogen-bond acceptors (Lipinski definition) is 3. The van der Waals surface area contributed by atoms with Crippen LogP contribution in [0.25, 0.3) is 0 Å². The lowest BCUT2D eigenvalue weighted by atomic mass is 10.3. The van der Waals surface area contributed by atoms with E-state index in [0.29, 0.717) is 10.7 Å². The van der Waals surface area contributed by atoms with Crippen LogP contribution < -0.4 is 15.3 Å². The van der Waals surface area contributed by atoms with Crippen molar-refractivity contribution in [2.75, 3.05) is 0 Å². The van der Waals surface area contributed by atoms with Crippen molar-refractivity contribution < 1.29 is 14.5 Å². The molecule has 88 valence electrons. The molecule has 1 N–H and O–H groups in total. The van der Waals surface area contributed by atoms with E-state index in [4.69, 9.17) is 0 Å². The van der Waals surface area contributed by atoms with E-state index in [2.05, 4.69) is 9.98 Å². The highest BCUT2D eigenvalue weighted by atomic mass is 16.4. The molecule has 0 fully saturated rings. The van der Waals surface area contributed by atoms with Gasteiger partial charge in [-0.2, -0.15) is 9.98 Å². The van der Waals surface area contributed by atoms with Crippen molar-refractivity contribution in [1.82, 2.24) is 0 Å². The van der Waals surface area contributed by atoms with Gasteiger partial charge in [-0.05, 0) is 12.1 Å². The second-order valence-corrected chi connectivity index (χ2v) is 3.94. The predicted molar refractivity (Wildman–Crippen MR) is 61.0 cm³/mol. The number of pyridine rings is 1. The Morgan fingerprint density at radius 3 is 2.06 bits per heavy atom. The van der Waals surface area contributed by atoms with Gasteiger partial charge in [-0.15, -0.1) is 4.57 Å². The zero-order chi connectivity index (χ0) is 12.6. The van der Waals surface area contributed by atoms with Crippen molar-refractivity contribution in [3.05, 3.63) is 65.6 Å². The van der Waals surface area contributed by atoms with Gasteiger partial charge in [0.15, 0.2) is 12.4 Å². The number of hydrogen-bond donors (Lipinski definition) is 1. The summed E-state index contributed by atoms with van der Waals surface area (Å²) in [6.45, 7) is 0. The predicted octanol–water partition coefficient (Wildman–Crippen LogP) is -0.378. The van der Waals surface area contributed by atoms with Crippen LogP contribution in [0.4, 0.5) is 0 Å². The minimum Gasteiger partial charge on any atom is -0.473 e. The molecule has 0 unspecified atom stereocenters. The SMILES string of the molecule is O=C(O)C1([n+]2ccccc2)N=c2ccccc2=N1. The van der Waals surface area contributed by atoms with Gasteiger partial charge in [0.25, 0.3) is 0 Å². The van der Waals surface area contributed by atoms with Crippen LogP contribution in [-0.4, -0.2) is 11.1 Å². The van der Waals surface area contributed by atoms with E-state index in [9.17, 15) is 9.90 Å². The number of rotatable bonds is 2. The third-order valence-electron chi connectivity index (χ3n) is 2.80. The Balaban J connectivity index is 2.30. The molecule has 3 rings (SSSR count). The summed E-state index contributed by atoms with van der Waals surface area (Å²) in [5.41, 5.74) is 0. The number of para-hydroxylation sites is 2. The van der Waals surface area contributed by atoms with Crippen molar-refractivity contribution >= 4 is 5.97 Å². The van der Waals surface area contributed by atoms with Crippen LogP contribution in [0.2, 0.25) is 0 Å². The molecule has 0 bridgehead atoms. The fourth-order valence-corrected chi connectivity index (χ4v) is 1.94. The van der Waals surface area contributed by atoms with Crippen molar-refractivity contribution in [2.45, 2.75) is 5.79 Å². The summed E-state index contributed by atoms with van der Waals surface area (Å²) < 4.78 is 1.48. The average Bonchev–Trinajstić information content (AvgIpc) is 2.80. The molecule has 0 spiro atoms. The van der Waals surface area contributed by atoms with Crippen LogP contribution in [0.1, 0.15) is 0 Å². The van der Waals surface area contributed by atoms with Crippen molar-refractivity contribution in [3.63, 3.8) is 0 Å². The molecule has 0 amide bonds. The van der Waals surface area contributed by atoms with Crippen LogP contribution in [0.15, 0.2) is 64.8 Å². The lowest BCUT2D eigenvalue weighted by molar-refractivity contribution is -0.748. The van der Waals surface area contributed by atoms with Crippen LogP contribution in [0.3, 0.4) is 0 Å². The van der Waals surface area contributed by atoms with E-state index < -0.39 is 11.8 Å². The highest BCUT2D eigenvalue weighted by Crippen LogP contribution is 2.13. The first-order valence-corrected chi connectivity index (χ1v) is 5.47. The van der Waals surface area contributed by atoms with E-state index in [0.717, 1.165) is 0 Å². The first kappa shape index (κ1) is 10.6. The van der Waals surface area contributed by atoms with Crippen LogP contribution in [-0.2, 0) is 10.6 Å². The number of fused-ring (bicyclic) bond motifs is 1. The number of nitrogens with zero attached hydrogens (tertiary/aromatic N) is 3. The van der Waals surface area contributed by atoms with E-state index in [1.807, 2.05) is 18.2 Å². The molecule has 5 heteroatoms. The number of aromatic nitrogens is 1. The molecule has 18 heavy (non-hydrogen) atoms. The van der Waals surface area contributed by atoms with Gasteiger partial charge >= 0.3 is 11.8 Å². The van der Waals surface area contributed by atoms with Gasteiger partial charge in [0, 0.05) is 12.1 Å². The molecule has 0 radical (unpaired) electrons. The Morgan fingerprint density at radius 2 is 1.56 bits per heavy atom. The number of benzene rings is 1. The third-order valence-corrected chi connectivity index (χ3v) is 2.80. The fraction of sp³-hybridized carbons (Fsp3) is 0.0769. The molecule has 0 atom stereocenters. The molecule has 0 saturated heterocycles. The van der Waals surface area contributed by atoms with Crippen LogP contribution in [0.5, 0.6) is 0 Å². The Hall–Kier alpha value is -2.56. The fourth-order valence-electron chi connectivity index (χ4n) is 1.94. The average molecular weight is 240 g/mol. The summed E-state index contributed by atoms with van der Waals surface area (Å²) in [5.74, 6) is -2.72. The zero-order valence-electron chi connectivity index (χ0n) is 9.39. The normalized spacial score (nSPS) is 15.3. The molecule has 1 aliphatic heterocycles. The van der Waals surface area contributed by atoms with Crippen LogP contribution >= 0.6 is 0 Å².